The normalized spacial score (nSPS) is 13.5. The van der Waals surface area contributed by atoms with Crippen LogP contribution in [0.1, 0.15) is 10.4 Å². The van der Waals surface area contributed by atoms with Gasteiger partial charge in [-0.3, -0.25) is 4.31 Å². The van der Waals surface area contributed by atoms with Crippen molar-refractivity contribution >= 4 is 27.0 Å². The van der Waals surface area contributed by atoms with Gasteiger partial charge in [-0.15, -0.1) is 11.3 Å². The molecule has 0 atom stereocenters. The van der Waals surface area contributed by atoms with Gasteiger partial charge in [-0.1, -0.05) is 0 Å². The quantitative estimate of drug-likeness (QED) is 0.640. The third kappa shape index (κ3) is 3.13. The summed E-state index contributed by atoms with van der Waals surface area (Å²) in [5, 5.41) is 9.03. The summed E-state index contributed by atoms with van der Waals surface area (Å²) >= 11 is 1.33. The summed E-state index contributed by atoms with van der Waals surface area (Å²) < 4.78 is 47.0. The number of fused-ring (bicyclic) bond motifs is 1. The van der Waals surface area contributed by atoms with Gasteiger partial charge in [-0.2, -0.15) is 5.26 Å². The molecule has 2 aromatic carbocycles. The van der Waals surface area contributed by atoms with Crippen molar-refractivity contribution < 1.29 is 17.5 Å². The van der Waals surface area contributed by atoms with E-state index in [1.807, 2.05) is 12.1 Å². The average molecular weight is 414 g/mol. The second-order valence-corrected chi connectivity index (χ2v) is 9.24. The summed E-state index contributed by atoms with van der Waals surface area (Å²) in [6.45, 7) is 1.91. The van der Waals surface area contributed by atoms with Crippen molar-refractivity contribution in [3.05, 3.63) is 64.8 Å². The lowest BCUT2D eigenvalue weighted by Crippen LogP contribution is -2.38. The van der Waals surface area contributed by atoms with Gasteiger partial charge in [0.15, 0.2) is 0 Å². The van der Waals surface area contributed by atoms with Crippen LogP contribution in [0.25, 0.3) is 10.4 Å². The number of hydrogen-bond donors (Lipinski definition) is 0. The molecule has 0 N–H and O–H groups in total. The number of anilines is 1. The number of nitriles is 1. The molecule has 0 aliphatic carbocycles. The Bertz CT molecular complexity index is 1210. The number of rotatable bonds is 3. The minimum Gasteiger partial charge on any atom is -0.489 e. The molecule has 1 aliphatic heterocycles. The number of sulfonamides is 1. The van der Waals surface area contributed by atoms with Crippen LogP contribution in [-0.2, 0) is 10.0 Å². The first kappa shape index (κ1) is 18.5. The van der Waals surface area contributed by atoms with E-state index in [9.17, 15) is 12.8 Å². The van der Waals surface area contributed by atoms with Crippen LogP contribution in [0.15, 0.2) is 53.4 Å². The van der Waals surface area contributed by atoms with Crippen molar-refractivity contribution in [2.75, 3.05) is 17.5 Å². The molecule has 142 valence electrons. The molecule has 0 fully saturated rings. The summed E-state index contributed by atoms with van der Waals surface area (Å²) in [6.07, 6.45) is 0. The van der Waals surface area contributed by atoms with Crippen molar-refractivity contribution in [2.24, 2.45) is 0 Å². The molecule has 0 amide bonds. The zero-order valence-corrected chi connectivity index (χ0v) is 16.5. The first-order valence-corrected chi connectivity index (χ1v) is 10.7. The highest BCUT2D eigenvalue weighted by Crippen LogP contribution is 2.40. The van der Waals surface area contributed by atoms with E-state index in [0.717, 1.165) is 16.5 Å². The van der Waals surface area contributed by atoms with Gasteiger partial charge in [0.05, 0.1) is 17.1 Å². The third-order valence-electron chi connectivity index (χ3n) is 4.50. The molecule has 2 heterocycles. The first-order chi connectivity index (χ1) is 13.4. The van der Waals surface area contributed by atoms with E-state index in [1.54, 1.807) is 18.2 Å². The van der Waals surface area contributed by atoms with Crippen molar-refractivity contribution in [1.82, 2.24) is 0 Å². The van der Waals surface area contributed by atoms with Crippen LogP contribution >= 0.6 is 11.3 Å². The van der Waals surface area contributed by atoms with Gasteiger partial charge < -0.3 is 4.74 Å². The van der Waals surface area contributed by atoms with E-state index < -0.39 is 15.8 Å². The summed E-state index contributed by atoms with van der Waals surface area (Å²) in [4.78, 5) is 1.47. The van der Waals surface area contributed by atoms with Crippen LogP contribution < -0.4 is 9.04 Å². The van der Waals surface area contributed by atoms with Crippen LogP contribution in [0.4, 0.5) is 10.1 Å². The summed E-state index contributed by atoms with van der Waals surface area (Å²) in [7, 11) is -3.88. The maximum Gasteiger partial charge on any atom is 0.264 e. The highest BCUT2D eigenvalue weighted by atomic mass is 32.2. The SMILES string of the molecule is Cc1cc(S(=O)(=O)N2CCOc3ccc(-c4ccc(C#N)s4)cc32)ccc1F. The largest absolute Gasteiger partial charge is 0.489 e. The maximum absolute atomic E-state index is 13.6. The zero-order chi connectivity index (χ0) is 19.9. The minimum absolute atomic E-state index is 0.0348. The van der Waals surface area contributed by atoms with Crippen LogP contribution in [0.2, 0.25) is 0 Å². The third-order valence-corrected chi connectivity index (χ3v) is 7.35. The molecule has 0 saturated heterocycles. The lowest BCUT2D eigenvalue weighted by Gasteiger charge is -2.31. The van der Waals surface area contributed by atoms with Gasteiger partial charge in [0.1, 0.15) is 29.1 Å². The van der Waals surface area contributed by atoms with E-state index >= 15 is 0 Å². The number of benzene rings is 2. The van der Waals surface area contributed by atoms with Gasteiger partial charge in [0.2, 0.25) is 0 Å². The Labute approximate surface area is 166 Å². The molecule has 1 aromatic heterocycles. The Morgan fingerprint density at radius 1 is 1.18 bits per heavy atom. The average Bonchev–Trinajstić information content (AvgIpc) is 3.18. The number of ether oxygens (including phenoxy) is 1. The number of aryl methyl sites for hydroxylation is 1. The molecule has 5 nitrogen and oxygen atoms in total. The topological polar surface area (TPSA) is 70.4 Å². The monoisotopic (exact) mass is 414 g/mol. The van der Waals surface area contributed by atoms with E-state index in [0.29, 0.717) is 16.3 Å². The molecule has 0 radical (unpaired) electrons. The number of hydrogen-bond acceptors (Lipinski definition) is 5. The summed E-state index contributed by atoms with van der Waals surface area (Å²) in [5.41, 5.74) is 1.50. The van der Waals surface area contributed by atoms with Gasteiger partial charge >= 0.3 is 0 Å². The smallest absolute Gasteiger partial charge is 0.264 e. The van der Waals surface area contributed by atoms with Gasteiger partial charge in [-0.25, -0.2) is 12.8 Å². The molecule has 0 bridgehead atoms. The van der Waals surface area contributed by atoms with E-state index in [1.165, 1.54) is 34.7 Å². The summed E-state index contributed by atoms with van der Waals surface area (Å²) in [6, 6.07) is 14.7. The fourth-order valence-electron chi connectivity index (χ4n) is 3.05. The van der Waals surface area contributed by atoms with Crippen molar-refractivity contribution in [1.29, 1.82) is 5.26 Å². The maximum atomic E-state index is 13.6. The number of thiophene rings is 1. The molecule has 0 unspecified atom stereocenters. The van der Waals surface area contributed by atoms with E-state index in [2.05, 4.69) is 6.07 Å². The minimum atomic E-state index is -3.88. The highest BCUT2D eigenvalue weighted by Gasteiger charge is 2.31. The molecular weight excluding hydrogens is 399 g/mol. The molecule has 4 rings (SSSR count). The second-order valence-electron chi connectivity index (χ2n) is 6.29. The number of halogens is 1. The van der Waals surface area contributed by atoms with Crippen LogP contribution in [0.3, 0.4) is 0 Å². The van der Waals surface area contributed by atoms with E-state index in [-0.39, 0.29) is 23.6 Å². The predicted octanol–water partition coefficient (Wildman–Crippen LogP) is 4.32. The summed E-state index contributed by atoms with van der Waals surface area (Å²) in [5.74, 6) is 0.0177. The molecule has 8 heteroatoms. The van der Waals surface area contributed by atoms with Crippen LogP contribution in [0.5, 0.6) is 5.75 Å². The Morgan fingerprint density at radius 3 is 2.71 bits per heavy atom. The fourth-order valence-corrected chi connectivity index (χ4v) is 5.39. The van der Waals surface area contributed by atoms with Crippen molar-refractivity contribution in [2.45, 2.75) is 11.8 Å². The lowest BCUT2D eigenvalue weighted by molar-refractivity contribution is 0.316. The Balaban J connectivity index is 1.80. The van der Waals surface area contributed by atoms with Crippen molar-refractivity contribution in [3.8, 4) is 22.3 Å². The predicted molar refractivity (Wildman–Crippen MR) is 106 cm³/mol. The van der Waals surface area contributed by atoms with Crippen molar-refractivity contribution in [3.63, 3.8) is 0 Å². The van der Waals surface area contributed by atoms with Gasteiger partial charge in [0.25, 0.3) is 10.0 Å². The Morgan fingerprint density at radius 2 is 2.00 bits per heavy atom. The molecule has 3 aromatic rings. The van der Waals surface area contributed by atoms with Gasteiger partial charge in [0, 0.05) is 4.88 Å². The van der Waals surface area contributed by atoms with Crippen LogP contribution in [-0.4, -0.2) is 21.6 Å². The highest BCUT2D eigenvalue weighted by molar-refractivity contribution is 7.92. The Hall–Kier alpha value is -2.89. The first-order valence-electron chi connectivity index (χ1n) is 8.46. The molecule has 0 spiro atoms. The second kappa shape index (κ2) is 6.93. The lowest BCUT2D eigenvalue weighted by atomic mass is 10.1. The fraction of sp³-hybridized carbons (Fsp3) is 0.150. The standard InChI is InChI=1S/C20H15FN2O3S2/c1-13-10-16(4-5-17(13)21)28(24,25)23-8-9-26-19-6-2-14(11-18(19)23)20-7-3-15(12-22)27-20/h2-7,10-11H,8-9H2,1H3. The van der Waals surface area contributed by atoms with Crippen LogP contribution in [0, 0.1) is 24.1 Å². The zero-order valence-electron chi connectivity index (χ0n) is 14.8. The number of nitrogens with zero attached hydrogens (tertiary/aromatic N) is 2. The Kier molecular flexibility index (Phi) is 4.57. The molecule has 28 heavy (non-hydrogen) atoms. The van der Waals surface area contributed by atoms with E-state index in [4.69, 9.17) is 10.00 Å². The molecule has 1 aliphatic rings. The van der Waals surface area contributed by atoms with Gasteiger partial charge in [-0.05, 0) is 66.6 Å². The molecular formula is C20H15FN2O3S2. The molecule has 0 saturated carbocycles.